The molecule has 0 unspecified atom stereocenters. The number of carbonyl (C=O) groups excluding carboxylic acids is 2. The average Bonchev–Trinajstić information content (AvgIpc) is 3.15. The molecule has 3 N–H and O–H groups in total. The quantitative estimate of drug-likeness (QED) is 0.619. The Kier molecular flexibility index (Phi) is 6.93. The molecule has 0 spiro atoms. The van der Waals surface area contributed by atoms with Crippen LogP contribution in [0.2, 0.25) is 0 Å². The topological polar surface area (TPSA) is 109 Å². The highest BCUT2D eigenvalue weighted by Crippen LogP contribution is 2.10. The smallest absolute Gasteiger partial charge is 0.326 e. The zero-order valence-corrected chi connectivity index (χ0v) is 15.1. The Hall–Kier alpha value is -3.35. The molecule has 2 aromatic rings. The standard InChI is InChI=1S/C20H22N2O5/c1-13(2)11-16(20(25)26)22-18(23)15(12-14-7-4-3-5-8-14)21-19(24)17-9-6-10-27-17/h3-10,12-13,16H,11H2,1-2H3,(H,21,24)(H,22,23)(H,25,26)/b15-12+/t16-/m1/s1. The summed E-state index contributed by atoms with van der Waals surface area (Å²) >= 11 is 0. The Morgan fingerprint density at radius 1 is 1.11 bits per heavy atom. The van der Waals surface area contributed by atoms with Crippen LogP contribution in [0.25, 0.3) is 6.08 Å². The molecule has 7 heteroatoms. The Morgan fingerprint density at radius 3 is 2.37 bits per heavy atom. The molecule has 27 heavy (non-hydrogen) atoms. The molecule has 142 valence electrons. The highest BCUT2D eigenvalue weighted by molar-refractivity contribution is 6.05. The summed E-state index contributed by atoms with van der Waals surface area (Å²) in [6.45, 7) is 3.73. The molecule has 2 amide bonds. The molecule has 0 radical (unpaired) electrons. The Balaban J connectivity index is 2.25. The van der Waals surface area contributed by atoms with Crippen LogP contribution >= 0.6 is 0 Å². The molecular formula is C20H22N2O5. The third-order valence-corrected chi connectivity index (χ3v) is 3.66. The zero-order chi connectivity index (χ0) is 19.8. The van der Waals surface area contributed by atoms with Gasteiger partial charge in [0.25, 0.3) is 11.8 Å². The summed E-state index contributed by atoms with van der Waals surface area (Å²) in [6, 6.07) is 10.9. The summed E-state index contributed by atoms with van der Waals surface area (Å²) in [5.41, 5.74) is 0.607. The molecular weight excluding hydrogens is 348 g/mol. The van der Waals surface area contributed by atoms with E-state index in [0.717, 1.165) is 0 Å². The maximum atomic E-state index is 12.7. The predicted molar refractivity (Wildman–Crippen MR) is 99.6 cm³/mol. The van der Waals surface area contributed by atoms with E-state index in [9.17, 15) is 19.5 Å². The van der Waals surface area contributed by atoms with Gasteiger partial charge in [0.2, 0.25) is 0 Å². The Bertz CT molecular complexity index is 810. The van der Waals surface area contributed by atoms with Crippen LogP contribution in [0, 0.1) is 5.92 Å². The number of hydrogen-bond donors (Lipinski definition) is 3. The van der Waals surface area contributed by atoms with Gasteiger partial charge in [-0.1, -0.05) is 44.2 Å². The van der Waals surface area contributed by atoms with E-state index in [0.29, 0.717) is 5.56 Å². The summed E-state index contributed by atoms with van der Waals surface area (Å²) in [7, 11) is 0. The number of carboxylic acids is 1. The van der Waals surface area contributed by atoms with Crippen LogP contribution < -0.4 is 10.6 Å². The largest absolute Gasteiger partial charge is 0.480 e. The van der Waals surface area contributed by atoms with Gasteiger partial charge in [-0.3, -0.25) is 9.59 Å². The maximum Gasteiger partial charge on any atom is 0.326 e. The number of amides is 2. The lowest BCUT2D eigenvalue weighted by molar-refractivity contribution is -0.141. The molecule has 0 saturated heterocycles. The van der Waals surface area contributed by atoms with Crippen LogP contribution in [-0.4, -0.2) is 28.9 Å². The van der Waals surface area contributed by atoms with E-state index in [1.165, 1.54) is 18.4 Å². The third kappa shape index (κ3) is 6.14. The molecule has 0 aliphatic heterocycles. The molecule has 1 atom stereocenters. The molecule has 0 aliphatic rings. The van der Waals surface area contributed by atoms with Crippen molar-refractivity contribution >= 4 is 23.9 Å². The van der Waals surface area contributed by atoms with Gasteiger partial charge in [-0.15, -0.1) is 0 Å². The SMILES string of the molecule is CC(C)C[C@@H](NC(=O)/C(=C\c1ccccc1)NC(=O)c1ccco1)C(=O)O. The van der Waals surface area contributed by atoms with Gasteiger partial charge in [-0.05, 0) is 36.1 Å². The van der Waals surface area contributed by atoms with Crippen LogP contribution in [0.4, 0.5) is 0 Å². The molecule has 7 nitrogen and oxygen atoms in total. The van der Waals surface area contributed by atoms with Gasteiger partial charge in [0.1, 0.15) is 11.7 Å². The monoisotopic (exact) mass is 370 g/mol. The summed E-state index contributed by atoms with van der Waals surface area (Å²) in [4.78, 5) is 36.4. The van der Waals surface area contributed by atoms with Gasteiger partial charge in [-0.2, -0.15) is 0 Å². The van der Waals surface area contributed by atoms with Crippen LogP contribution in [0.1, 0.15) is 36.4 Å². The highest BCUT2D eigenvalue weighted by Gasteiger charge is 2.24. The summed E-state index contributed by atoms with van der Waals surface area (Å²) in [5.74, 6) is -2.31. The van der Waals surface area contributed by atoms with Crippen LogP contribution in [0.5, 0.6) is 0 Å². The van der Waals surface area contributed by atoms with E-state index < -0.39 is 23.8 Å². The van der Waals surface area contributed by atoms with Crippen molar-refractivity contribution in [2.24, 2.45) is 5.92 Å². The predicted octanol–water partition coefficient (Wildman–Crippen LogP) is 2.67. The second-order valence-electron chi connectivity index (χ2n) is 6.39. The lowest BCUT2D eigenvalue weighted by Crippen LogP contribution is -2.44. The fraction of sp³-hybridized carbons (Fsp3) is 0.250. The second-order valence-corrected chi connectivity index (χ2v) is 6.39. The van der Waals surface area contributed by atoms with Crippen molar-refractivity contribution in [2.45, 2.75) is 26.3 Å². The van der Waals surface area contributed by atoms with Crippen molar-refractivity contribution in [3.63, 3.8) is 0 Å². The first-order valence-electron chi connectivity index (χ1n) is 8.52. The van der Waals surface area contributed by atoms with E-state index in [2.05, 4.69) is 10.6 Å². The second kappa shape index (κ2) is 9.38. The van der Waals surface area contributed by atoms with Crippen molar-refractivity contribution in [2.75, 3.05) is 0 Å². The normalized spacial score (nSPS) is 12.5. The van der Waals surface area contributed by atoms with Crippen molar-refractivity contribution < 1.29 is 23.9 Å². The fourth-order valence-corrected chi connectivity index (χ4v) is 2.39. The molecule has 1 heterocycles. The molecule has 0 saturated carbocycles. The summed E-state index contributed by atoms with van der Waals surface area (Å²) in [5, 5.41) is 14.3. The summed E-state index contributed by atoms with van der Waals surface area (Å²) in [6.07, 6.45) is 3.09. The average molecular weight is 370 g/mol. The molecule has 1 aromatic heterocycles. The maximum absolute atomic E-state index is 12.7. The number of rotatable bonds is 8. The van der Waals surface area contributed by atoms with Gasteiger partial charge in [0, 0.05) is 0 Å². The van der Waals surface area contributed by atoms with Crippen molar-refractivity contribution in [3.8, 4) is 0 Å². The Morgan fingerprint density at radius 2 is 1.81 bits per heavy atom. The molecule has 1 aromatic carbocycles. The van der Waals surface area contributed by atoms with Crippen molar-refractivity contribution in [1.82, 2.24) is 10.6 Å². The minimum atomic E-state index is -1.13. The van der Waals surface area contributed by atoms with E-state index >= 15 is 0 Å². The lowest BCUT2D eigenvalue weighted by Gasteiger charge is -2.18. The number of carbonyl (C=O) groups is 3. The van der Waals surface area contributed by atoms with E-state index in [1.807, 2.05) is 19.9 Å². The van der Waals surface area contributed by atoms with Gasteiger partial charge in [0.15, 0.2) is 5.76 Å². The fourth-order valence-electron chi connectivity index (χ4n) is 2.39. The summed E-state index contributed by atoms with van der Waals surface area (Å²) < 4.78 is 5.03. The van der Waals surface area contributed by atoms with E-state index in [-0.39, 0.29) is 23.8 Å². The number of furan rings is 1. The Labute approximate surface area is 157 Å². The van der Waals surface area contributed by atoms with Gasteiger partial charge in [0.05, 0.1) is 6.26 Å². The van der Waals surface area contributed by atoms with Crippen molar-refractivity contribution in [1.29, 1.82) is 0 Å². The minimum Gasteiger partial charge on any atom is -0.480 e. The van der Waals surface area contributed by atoms with Crippen LogP contribution in [0.3, 0.4) is 0 Å². The first-order valence-corrected chi connectivity index (χ1v) is 8.52. The van der Waals surface area contributed by atoms with E-state index in [1.54, 1.807) is 30.3 Å². The van der Waals surface area contributed by atoms with Crippen molar-refractivity contribution in [3.05, 3.63) is 65.7 Å². The third-order valence-electron chi connectivity index (χ3n) is 3.66. The van der Waals surface area contributed by atoms with Gasteiger partial charge >= 0.3 is 5.97 Å². The molecule has 2 rings (SSSR count). The molecule has 0 fully saturated rings. The van der Waals surface area contributed by atoms with Crippen LogP contribution in [0.15, 0.2) is 58.8 Å². The number of aliphatic carboxylic acids is 1. The highest BCUT2D eigenvalue weighted by atomic mass is 16.4. The minimum absolute atomic E-state index is 0.0405. The van der Waals surface area contributed by atoms with E-state index in [4.69, 9.17) is 4.42 Å². The number of nitrogens with one attached hydrogen (secondary N) is 2. The number of carboxylic acid groups (broad SMARTS) is 1. The lowest BCUT2D eigenvalue weighted by atomic mass is 10.0. The number of hydrogen-bond acceptors (Lipinski definition) is 4. The first kappa shape index (κ1) is 20.0. The first-order chi connectivity index (χ1) is 12.9. The van der Waals surface area contributed by atoms with Gasteiger partial charge in [-0.25, -0.2) is 4.79 Å². The zero-order valence-electron chi connectivity index (χ0n) is 15.1. The number of benzene rings is 1. The van der Waals surface area contributed by atoms with Crippen LogP contribution in [-0.2, 0) is 9.59 Å². The van der Waals surface area contributed by atoms with Gasteiger partial charge < -0.3 is 20.2 Å². The molecule has 0 bridgehead atoms. The molecule has 0 aliphatic carbocycles.